The average molecular weight is 428 g/mol. The van der Waals surface area contributed by atoms with Gasteiger partial charge in [-0.1, -0.05) is 23.5 Å². The molecule has 1 aromatic heterocycles. The zero-order valence-electron chi connectivity index (χ0n) is 15.8. The molecule has 3 aromatic rings. The van der Waals surface area contributed by atoms with Crippen LogP contribution in [-0.2, 0) is 16.1 Å². The Morgan fingerprint density at radius 2 is 1.90 bits per heavy atom. The molecule has 0 atom stereocenters. The molecule has 0 aliphatic carbocycles. The molecule has 0 unspecified atom stereocenters. The first-order valence-electron chi connectivity index (χ1n) is 8.67. The minimum Gasteiger partial charge on any atom is -0.383 e. The van der Waals surface area contributed by atoms with Crippen molar-refractivity contribution in [3.05, 3.63) is 79.1 Å². The van der Waals surface area contributed by atoms with Crippen molar-refractivity contribution in [1.82, 2.24) is 4.57 Å². The number of carbonyl (C=O) groups is 1. The van der Waals surface area contributed by atoms with Crippen LogP contribution in [0.25, 0.3) is 16.3 Å². The predicted molar refractivity (Wildman–Crippen MR) is 111 cm³/mol. The molecule has 30 heavy (non-hydrogen) atoms. The Labute approximate surface area is 173 Å². The van der Waals surface area contributed by atoms with Crippen LogP contribution in [0.15, 0.2) is 53.5 Å². The second kappa shape index (κ2) is 9.20. The van der Waals surface area contributed by atoms with Gasteiger partial charge in [0.2, 0.25) is 0 Å². The summed E-state index contributed by atoms with van der Waals surface area (Å²) in [7, 11) is 1.55. The summed E-state index contributed by atoms with van der Waals surface area (Å²) in [5.74, 6) is -0.561. The lowest BCUT2D eigenvalue weighted by Crippen LogP contribution is -2.18. The molecular weight excluding hydrogens is 412 g/mol. The van der Waals surface area contributed by atoms with Gasteiger partial charge in [-0.2, -0.15) is 4.99 Å². The minimum atomic E-state index is -0.561. The van der Waals surface area contributed by atoms with Gasteiger partial charge >= 0.3 is 0 Å². The molecule has 11 heteroatoms. The maximum Gasteiger partial charge on any atom is 0.272 e. The molecule has 0 spiro atoms. The number of aromatic nitrogens is 1. The van der Waals surface area contributed by atoms with Crippen molar-refractivity contribution in [2.24, 2.45) is 4.99 Å². The number of thiazole rings is 1. The van der Waals surface area contributed by atoms with E-state index in [2.05, 4.69) is 4.99 Å². The number of ether oxygens (including phenoxy) is 1. The van der Waals surface area contributed by atoms with E-state index in [4.69, 9.17) is 4.74 Å². The normalized spacial score (nSPS) is 12.0. The summed E-state index contributed by atoms with van der Waals surface area (Å²) in [6.45, 7) is 0.780. The van der Waals surface area contributed by atoms with Crippen molar-refractivity contribution in [2.75, 3.05) is 13.7 Å². The molecule has 1 amide bonds. The van der Waals surface area contributed by atoms with Crippen LogP contribution < -0.4 is 4.80 Å². The maximum absolute atomic E-state index is 12.3. The van der Waals surface area contributed by atoms with Gasteiger partial charge in [-0.05, 0) is 17.7 Å². The van der Waals surface area contributed by atoms with Crippen LogP contribution >= 0.6 is 11.3 Å². The lowest BCUT2D eigenvalue weighted by molar-refractivity contribution is -0.385. The quantitative estimate of drug-likeness (QED) is 0.322. The number of nitrogens with zero attached hydrogens (tertiary/aromatic N) is 4. The summed E-state index contributed by atoms with van der Waals surface area (Å²) >= 11 is 1.15. The Bertz CT molecular complexity index is 1230. The van der Waals surface area contributed by atoms with Gasteiger partial charge in [-0.25, -0.2) is 0 Å². The van der Waals surface area contributed by atoms with E-state index in [-0.39, 0.29) is 11.4 Å². The van der Waals surface area contributed by atoms with Crippen LogP contribution in [0.3, 0.4) is 0 Å². The first-order valence-corrected chi connectivity index (χ1v) is 9.48. The van der Waals surface area contributed by atoms with Gasteiger partial charge in [0.25, 0.3) is 17.3 Å². The highest BCUT2D eigenvalue weighted by Gasteiger charge is 2.12. The molecule has 0 aliphatic heterocycles. The van der Waals surface area contributed by atoms with Crippen LogP contribution in [0.5, 0.6) is 0 Å². The average Bonchev–Trinajstić information content (AvgIpc) is 3.06. The van der Waals surface area contributed by atoms with Crippen LogP contribution in [-0.4, -0.2) is 34.0 Å². The van der Waals surface area contributed by atoms with Crippen LogP contribution in [0, 0.1) is 20.2 Å². The number of nitro groups is 2. The third kappa shape index (κ3) is 4.82. The smallest absolute Gasteiger partial charge is 0.272 e. The number of hydrogen-bond donors (Lipinski definition) is 0. The molecule has 0 saturated carbocycles. The van der Waals surface area contributed by atoms with E-state index in [1.807, 2.05) is 0 Å². The van der Waals surface area contributed by atoms with E-state index in [1.165, 1.54) is 42.5 Å². The number of amides is 1. The number of methoxy groups -OCH3 is 1. The summed E-state index contributed by atoms with van der Waals surface area (Å²) in [5.41, 5.74) is 1.07. The molecule has 0 N–H and O–H groups in total. The molecule has 10 nitrogen and oxygen atoms in total. The third-order valence-corrected chi connectivity index (χ3v) is 5.14. The van der Waals surface area contributed by atoms with Gasteiger partial charge in [0.1, 0.15) is 0 Å². The lowest BCUT2D eigenvalue weighted by atomic mass is 10.2. The van der Waals surface area contributed by atoms with E-state index in [0.717, 1.165) is 11.3 Å². The van der Waals surface area contributed by atoms with E-state index >= 15 is 0 Å². The van der Waals surface area contributed by atoms with Gasteiger partial charge in [-0.3, -0.25) is 25.0 Å². The zero-order chi connectivity index (χ0) is 21.7. The first kappa shape index (κ1) is 21.0. The summed E-state index contributed by atoms with van der Waals surface area (Å²) < 4.78 is 7.48. The zero-order valence-corrected chi connectivity index (χ0v) is 16.6. The summed E-state index contributed by atoms with van der Waals surface area (Å²) in [6, 6.07) is 10.3. The van der Waals surface area contributed by atoms with Crippen molar-refractivity contribution >= 4 is 44.9 Å². The van der Waals surface area contributed by atoms with Crippen LogP contribution in [0.2, 0.25) is 0 Å². The molecule has 0 saturated heterocycles. The van der Waals surface area contributed by atoms with E-state index in [9.17, 15) is 25.0 Å². The Morgan fingerprint density at radius 1 is 1.17 bits per heavy atom. The predicted octanol–water partition coefficient (Wildman–Crippen LogP) is 3.31. The highest BCUT2D eigenvalue weighted by Crippen LogP contribution is 2.23. The fourth-order valence-electron chi connectivity index (χ4n) is 2.70. The van der Waals surface area contributed by atoms with Crippen molar-refractivity contribution in [3.8, 4) is 0 Å². The number of carbonyl (C=O) groups excluding carboxylic acids is 1. The fourth-order valence-corrected chi connectivity index (χ4v) is 3.80. The third-order valence-electron chi connectivity index (χ3n) is 4.10. The largest absolute Gasteiger partial charge is 0.383 e. The van der Waals surface area contributed by atoms with E-state index in [0.29, 0.717) is 33.7 Å². The lowest BCUT2D eigenvalue weighted by Gasteiger charge is -2.03. The van der Waals surface area contributed by atoms with Gasteiger partial charge in [0.15, 0.2) is 4.80 Å². The number of rotatable bonds is 7. The molecular formula is C19H16N4O6S. The second-order valence-corrected chi connectivity index (χ2v) is 7.08. The maximum atomic E-state index is 12.3. The van der Waals surface area contributed by atoms with Gasteiger partial charge in [-0.15, -0.1) is 0 Å². The van der Waals surface area contributed by atoms with Crippen LogP contribution in [0.4, 0.5) is 11.4 Å². The number of hydrogen-bond acceptors (Lipinski definition) is 7. The topological polar surface area (TPSA) is 130 Å². The second-order valence-electron chi connectivity index (χ2n) is 6.07. The van der Waals surface area contributed by atoms with Gasteiger partial charge < -0.3 is 9.30 Å². The standard InChI is InChI=1S/C19H16N4O6S/c1-29-10-9-21-16-7-6-15(23(27)28)12-17(16)30-19(21)20-18(24)8-5-13-3-2-4-14(11-13)22(25)26/h2-8,11-12H,9-10H2,1H3/b8-5+,20-19?. The SMILES string of the molecule is COCCn1c(=NC(=O)/C=C/c2cccc([N+](=O)[O-])c2)sc2cc([N+](=O)[O-])ccc21. The highest BCUT2D eigenvalue weighted by atomic mass is 32.1. The molecule has 2 aromatic carbocycles. The highest BCUT2D eigenvalue weighted by molar-refractivity contribution is 7.16. The molecule has 1 heterocycles. The number of benzene rings is 2. The Kier molecular flexibility index (Phi) is 6.45. The Hall–Kier alpha value is -3.70. The monoisotopic (exact) mass is 428 g/mol. The van der Waals surface area contributed by atoms with Crippen molar-refractivity contribution in [1.29, 1.82) is 0 Å². The fraction of sp³-hybridized carbons (Fsp3) is 0.158. The number of nitro benzene ring substituents is 2. The molecule has 0 bridgehead atoms. The summed E-state index contributed by atoms with van der Waals surface area (Å²) in [6.07, 6.45) is 2.66. The van der Waals surface area contributed by atoms with Crippen molar-refractivity contribution in [3.63, 3.8) is 0 Å². The minimum absolute atomic E-state index is 0.0499. The van der Waals surface area contributed by atoms with Crippen molar-refractivity contribution < 1.29 is 19.4 Å². The molecule has 0 aliphatic rings. The van der Waals surface area contributed by atoms with Gasteiger partial charge in [0.05, 0.1) is 26.7 Å². The van der Waals surface area contributed by atoms with Gasteiger partial charge in [0, 0.05) is 44.0 Å². The Morgan fingerprint density at radius 3 is 2.60 bits per heavy atom. The molecule has 154 valence electrons. The van der Waals surface area contributed by atoms with E-state index < -0.39 is 15.8 Å². The Balaban J connectivity index is 1.97. The summed E-state index contributed by atoms with van der Waals surface area (Å²) in [4.78, 5) is 37.7. The number of fused-ring (bicyclic) bond motifs is 1. The number of non-ortho nitro benzene ring substituents is 2. The van der Waals surface area contributed by atoms with E-state index in [1.54, 1.807) is 23.8 Å². The van der Waals surface area contributed by atoms with Crippen molar-refractivity contribution in [2.45, 2.75) is 6.54 Å². The first-order chi connectivity index (χ1) is 14.4. The molecule has 0 radical (unpaired) electrons. The summed E-state index contributed by atoms with van der Waals surface area (Å²) in [5, 5.41) is 21.9. The molecule has 3 rings (SSSR count). The molecule has 0 fully saturated rings. The van der Waals surface area contributed by atoms with Crippen LogP contribution in [0.1, 0.15) is 5.56 Å².